The number of nitrogens with one attached hydrogen (secondary N) is 2. The molecule has 0 unspecified atom stereocenters. The van der Waals surface area contributed by atoms with Gasteiger partial charge in [0.1, 0.15) is 0 Å². The second-order valence-electron chi connectivity index (χ2n) is 6.98. The molecular formula is C23H31ClN5O2+. The van der Waals surface area contributed by atoms with Gasteiger partial charge in [-0.2, -0.15) is 10.2 Å². The largest absolute Gasteiger partial charge is 0.323 e. The van der Waals surface area contributed by atoms with Crippen LogP contribution in [0.4, 0.5) is 22.7 Å². The van der Waals surface area contributed by atoms with Crippen LogP contribution in [0.15, 0.2) is 71.4 Å². The summed E-state index contributed by atoms with van der Waals surface area (Å²) in [7, 11) is 0. The topological polar surface area (TPSA) is 82.9 Å². The summed E-state index contributed by atoms with van der Waals surface area (Å²) in [6.45, 7) is 13.0. The summed E-state index contributed by atoms with van der Waals surface area (Å²) in [6.07, 6.45) is 1.21. The molecule has 31 heavy (non-hydrogen) atoms. The molecule has 0 saturated heterocycles. The van der Waals surface area contributed by atoms with Crippen LogP contribution < -0.4 is 10.6 Å². The van der Waals surface area contributed by atoms with E-state index >= 15 is 0 Å². The normalized spacial score (nSPS) is 10.9. The van der Waals surface area contributed by atoms with Gasteiger partial charge in [-0.1, -0.05) is 6.58 Å². The number of hydrogen-bond acceptors (Lipinski definition) is 4. The van der Waals surface area contributed by atoms with E-state index in [9.17, 15) is 9.59 Å². The van der Waals surface area contributed by atoms with Gasteiger partial charge in [-0.3, -0.25) is 9.59 Å². The summed E-state index contributed by atoms with van der Waals surface area (Å²) in [4.78, 5) is 23.7. The number of quaternary nitrogens is 1. The van der Waals surface area contributed by atoms with E-state index in [2.05, 4.69) is 48.2 Å². The van der Waals surface area contributed by atoms with E-state index in [-0.39, 0.29) is 24.2 Å². The standard InChI is InChI=1S/C23H29N5O2.ClH/c1-5-22(29)24-18-9-13-20(14-10-18)26-27-21-15-11-19(12-16-21)25-23(30)17-28(6-2,7-3)8-4;/h5,9-16H,1,6-8,17H2,2-4H3,(H-,24,25,26,27,29,30);1H/p+1. The summed E-state index contributed by atoms with van der Waals surface area (Å²) in [6, 6.07) is 14.3. The number of azo groups is 1. The molecule has 0 bridgehead atoms. The molecule has 8 heteroatoms. The van der Waals surface area contributed by atoms with Crippen LogP contribution in [0.25, 0.3) is 0 Å². The van der Waals surface area contributed by atoms with Crippen molar-refractivity contribution in [3.63, 3.8) is 0 Å². The van der Waals surface area contributed by atoms with Crippen molar-refractivity contribution >= 4 is 47.0 Å². The second kappa shape index (κ2) is 12.6. The van der Waals surface area contributed by atoms with Crippen molar-refractivity contribution in [1.29, 1.82) is 0 Å². The zero-order valence-corrected chi connectivity index (χ0v) is 19.1. The van der Waals surface area contributed by atoms with E-state index in [1.807, 2.05) is 12.1 Å². The maximum Gasteiger partial charge on any atom is 0.279 e. The third kappa shape index (κ3) is 7.96. The quantitative estimate of drug-likeness (QED) is 0.289. The molecule has 0 aliphatic rings. The van der Waals surface area contributed by atoms with E-state index in [1.54, 1.807) is 36.4 Å². The summed E-state index contributed by atoms with van der Waals surface area (Å²) in [5.74, 6) is -0.251. The first-order valence-corrected chi connectivity index (χ1v) is 10.1. The molecule has 0 saturated carbocycles. The highest BCUT2D eigenvalue weighted by molar-refractivity contribution is 5.98. The fraction of sp³-hybridized carbons (Fsp3) is 0.304. The number of nitrogens with zero attached hydrogens (tertiary/aromatic N) is 3. The van der Waals surface area contributed by atoms with Gasteiger partial charge in [-0.05, 0) is 75.4 Å². The van der Waals surface area contributed by atoms with E-state index in [4.69, 9.17) is 0 Å². The number of likely N-dealkylation sites (N-methyl/N-ethyl adjacent to an activating group) is 1. The lowest BCUT2D eigenvalue weighted by Crippen LogP contribution is -2.51. The van der Waals surface area contributed by atoms with Crippen molar-refractivity contribution in [2.75, 3.05) is 36.8 Å². The SMILES string of the molecule is C=CC(=O)Nc1ccc(N=Nc2ccc(NC(=O)C[N+](CC)(CC)CC)cc2)cc1.Cl. The molecule has 2 aromatic rings. The Bertz CT molecular complexity index is 883. The average Bonchev–Trinajstić information content (AvgIpc) is 2.78. The minimum Gasteiger partial charge on any atom is -0.323 e. The van der Waals surface area contributed by atoms with E-state index in [0.717, 1.165) is 29.8 Å². The van der Waals surface area contributed by atoms with Crippen LogP contribution >= 0.6 is 12.4 Å². The van der Waals surface area contributed by atoms with Crippen molar-refractivity contribution in [1.82, 2.24) is 0 Å². The monoisotopic (exact) mass is 444 g/mol. The molecule has 0 spiro atoms. The molecule has 0 atom stereocenters. The zero-order chi connectivity index (χ0) is 22.0. The molecular weight excluding hydrogens is 414 g/mol. The molecule has 0 aliphatic carbocycles. The first kappa shape index (κ1) is 26.0. The molecule has 0 radical (unpaired) electrons. The Labute approximate surface area is 190 Å². The third-order valence-corrected chi connectivity index (χ3v) is 5.24. The van der Waals surface area contributed by atoms with Gasteiger partial charge in [0.2, 0.25) is 5.91 Å². The molecule has 2 amide bonds. The van der Waals surface area contributed by atoms with Crippen LogP contribution in [0.5, 0.6) is 0 Å². The lowest BCUT2D eigenvalue weighted by Gasteiger charge is -2.34. The van der Waals surface area contributed by atoms with E-state index in [1.165, 1.54) is 6.08 Å². The highest BCUT2D eigenvalue weighted by atomic mass is 35.5. The fourth-order valence-electron chi connectivity index (χ4n) is 3.04. The number of amides is 2. The smallest absolute Gasteiger partial charge is 0.279 e. The van der Waals surface area contributed by atoms with Crippen LogP contribution in [0.3, 0.4) is 0 Å². The van der Waals surface area contributed by atoms with Crippen molar-refractivity contribution in [3.8, 4) is 0 Å². The predicted octanol–water partition coefficient (Wildman–Crippen LogP) is 5.46. The Balaban J connectivity index is 0.00000480. The lowest BCUT2D eigenvalue weighted by molar-refractivity contribution is -0.915. The molecule has 0 aliphatic heterocycles. The molecule has 0 aromatic heterocycles. The first-order valence-electron chi connectivity index (χ1n) is 10.1. The van der Waals surface area contributed by atoms with Crippen LogP contribution in [0.1, 0.15) is 20.8 Å². The van der Waals surface area contributed by atoms with Crippen molar-refractivity contribution in [2.24, 2.45) is 10.2 Å². The average molecular weight is 445 g/mol. The summed E-state index contributed by atoms with van der Waals surface area (Å²) < 4.78 is 0.772. The van der Waals surface area contributed by atoms with Gasteiger partial charge < -0.3 is 15.1 Å². The maximum atomic E-state index is 12.4. The highest BCUT2D eigenvalue weighted by Gasteiger charge is 2.24. The molecule has 2 rings (SSSR count). The summed E-state index contributed by atoms with van der Waals surface area (Å²) in [5.41, 5.74) is 2.74. The maximum absolute atomic E-state index is 12.4. The van der Waals surface area contributed by atoms with Crippen molar-refractivity contribution in [3.05, 3.63) is 61.2 Å². The molecule has 0 heterocycles. The van der Waals surface area contributed by atoms with Gasteiger partial charge in [-0.15, -0.1) is 12.4 Å². The Kier molecular flexibility index (Phi) is 10.6. The van der Waals surface area contributed by atoms with Crippen molar-refractivity contribution < 1.29 is 14.1 Å². The summed E-state index contributed by atoms with van der Waals surface area (Å²) >= 11 is 0. The molecule has 7 nitrogen and oxygen atoms in total. The van der Waals surface area contributed by atoms with E-state index in [0.29, 0.717) is 23.6 Å². The van der Waals surface area contributed by atoms with Crippen LogP contribution in [0, 0.1) is 0 Å². The van der Waals surface area contributed by atoms with Gasteiger partial charge >= 0.3 is 0 Å². The number of anilines is 2. The summed E-state index contributed by atoms with van der Waals surface area (Å²) in [5, 5.41) is 14.0. The Morgan fingerprint density at radius 1 is 0.839 bits per heavy atom. The second-order valence-corrected chi connectivity index (χ2v) is 6.98. The molecule has 2 N–H and O–H groups in total. The Morgan fingerprint density at radius 3 is 1.65 bits per heavy atom. The minimum absolute atomic E-state index is 0. The van der Waals surface area contributed by atoms with Crippen LogP contribution in [-0.2, 0) is 9.59 Å². The van der Waals surface area contributed by atoms with Gasteiger partial charge in [0.15, 0.2) is 6.54 Å². The van der Waals surface area contributed by atoms with Crippen LogP contribution in [-0.4, -0.2) is 42.5 Å². The third-order valence-electron chi connectivity index (χ3n) is 5.24. The van der Waals surface area contributed by atoms with E-state index < -0.39 is 0 Å². The lowest BCUT2D eigenvalue weighted by atomic mass is 10.2. The number of hydrogen-bond donors (Lipinski definition) is 2. The van der Waals surface area contributed by atoms with Crippen molar-refractivity contribution in [2.45, 2.75) is 20.8 Å². The predicted molar refractivity (Wildman–Crippen MR) is 129 cm³/mol. The van der Waals surface area contributed by atoms with Gasteiger partial charge in [-0.25, -0.2) is 0 Å². The van der Waals surface area contributed by atoms with Gasteiger partial charge in [0.05, 0.1) is 31.0 Å². The molecule has 2 aromatic carbocycles. The number of halogens is 1. The molecule has 0 fully saturated rings. The highest BCUT2D eigenvalue weighted by Crippen LogP contribution is 2.22. The Morgan fingerprint density at radius 2 is 1.26 bits per heavy atom. The number of rotatable bonds is 10. The van der Waals surface area contributed by atoms with Gasteiger partial charge in [0, 0.05) is 11.4 Å². The number of carbonyl (C=O) groups is 2. The van der Waals surface area contributed by atoms with Gasteiger partial charge in [0.25, 0.3) is 5.91 Å². The zero-order valence-electron chi connectivity index (χ0n) is 18.3. The number of benzene rings is 2. The molecule has 166 valence electrons. The fourth-order valence-corrected chi connectivity index (χ4v) is 3.04. The Hall–Kier alpha value is -3.03. The van der Waals surface area contributed by atoms with Crippen LogP contribution in [0.2, 0.25) is 0 Å². The minimum atomic E-state index is -0.264. The first-order chi connectivity index (χ1) is 14.4. The number of carbonyl (C=O) groups excluding carboxylic acids is 2.